The number of para-hydroxylation sites is 1. The molecular formula is C24H16Cl2N8O. The molecule has 1 saturated carbocycles. The van der Waals surface area contributed by atoms with Crippen molar-refractivity contribution in [2.24, 2.45) is 0 Å². The van der Waals surface area contributed by atoms with Crippen LogP contribution in [-0.2, 0) is 0 Å². The maximum Gasteiger partial charge on any atom is 0.326 e. The summed E-state index contributed by atoms with van der Waals surface area (Å²) >= 11 is 13.1. The fourth-order valence-corrected chi connectivity index (χ4v) is 5.21. The van der Waals surface area contributed by atoms with Gasteiger partial charge in [-0.1, -0.05) is 29.3 Å². The van der Waals surface area contributed by atoms with Crippen LogP contribution < -0.4 is 5.69 Å². The van der Waals surface area contributed by atoms with Crippen LogP contribution in [-0.4, -0.2) is 34.3 Å². The zero-order valence-electron chi connectivity index (χ0n) is 18.1. The Labute approximate surface area is 208 Å². The summed E-state index contributed by atoms with van der Waals surface area (Å²) in [7, 11) is 0. The number of nitrogens with one attached hydrogen (secondary N) is 1. The molecule has 35 heavy (non-hydrogen) atoms. The van der Waals surface area contributed by atoms with Crippen molar-refractivity contribution >= 4 is 34.2 Å². The number of rotatable bonds is 4. The Morgan fingerprint density at radius 2 is 1.89 bits per heavy atom. The van der Waals surface area contributed by atoms with Crippen LogP contribution in [0.5, 0.6) is 0 Å². The van der Waals surface area contributed by atoms with Crippen LogP contribution >= 0.6 is 23.2 Å². The van der Waals surface area contributed by atoms with E-state index in [9.17, 15) is 4.79 Å². The number of benzene rings is 2. The lowest BCUT2D eigenvalue weighted by Gasteiger charge is -2.35. The van der Waals surface area contributed by atoms with Gasteiger partial charge in [0.25, 0.3) is 0 Å². The van der Waals surface area contributed by atoms with Gasteiger partial charge in [-0.15, -0.1) is 10.2 Å². The van der Waals surface area contributed by atoms with Crippen molar-refractivity contribution < 1.29 is 0 Å². The van der Waals surface area contributed by atoms with Crippen molar-refractivity contribution in [3.05, 3.63) is 86.9 Å². The predicted octanol–water partition coefficient (Wildman–Crippen LogP) is 4.66. The topological polar surface area (TPSA) is 118 Å². The van der Waals surface area contributed by atoms with E-state index in [1.54, 1.807) is 53.2 Å². The van der Waals surface area contributed by atoms with E-state index in [1.807, 2.05) is 4.57 Å². The zero-order chi connectivity index (χ0) is 24.1. The van der Waals surface area contributed by atoms with Gasteiger partial charge in [0.1, 0.15) is 17.8 Å². The van der Waals surface area contributed by atoms with Crippen LogP contribution in [0.3, 0.4) is 0 Å². The standard InChI is InChI=1S/C24H16Cl2N8O/c25-16-2-1-3-17(26)21(16)34-22(31-32-23(34)18-6-7-28-12-29-18)14-9-15(10-14)33-20-5-4-13(11-27)8-19(20)30-24(33)35/h1-8,12,14-15H,9-10H2,(H,30,35). The fraction of sp³-hybridized carbons (Fsp3) is 0.167. The first-order valence-corrected chi connectivity index (χ1v) is 11.6. The van der Waals surface area contributed by atoms with Crippen LogP contribution in [0.2, 0.25) is 10.0 Å². The quantitative estimate of drug-likeness (QED) is 0.381. The molecule has 0 unspecified atom stereocenters. The number of fused-ring (bicyclic) bond motifs is 1. The number of imidazole rings is 1. The highest BCUT2D eigenvalue weighted by atomic mass is 35.5. The summed E-state index contributed by atoms with van der Waals surface area (Å²) in [5, 5.41) is 19.0. The molecule has 0 radical (unpaired) electrons. The Hall–Kier alpha value is -4.00. The fourth-order valence-electron chi connectivity index (χ4n) is 4.65. The summed E-state index contributed by atoms with van der Waals surface area (Å²) in [4.78, 5) is 23.9. The minimum atomic E-state index is -0.198. The molecule has 1 aliphatic carbocycles. The predicted molar refractivity (Wildman–Crippen MR) is 131 cm³/mol. The molecule has 3 heterocycles. The second-order valence-corrected chi connectivity index (χ2v) is 9.16. The molecule has 11 heteroatoms. The molecule has 2 aromatic carbocycles. The van der Waals surface area contributed by atoms with E-state index >= 15 is 0 Å². The first kappa shape index (κ1) is 21.5. The summed E-state index contributed by atoms with van der Waals surface area (Å²) in [5.74, 6) is 1.23. The maximum absolute atomic E-state index is 12.7. The summed E-state index contributed by atoms with van der Waals surface area (Å²) in [6.07, 6.45) is 4.44. The minimum absolute atomic E-state index is 0.0191. The molecule has 0 spiro atoms. The number of aromatic nitrogens is 7. The smallest absolute Gasteiger partial charge is 0.305 e. The number of hydrogen-bond donors (Lipinski definition) is 1. The lowest BCUT2D eigenvalue weighted by molar-refractivity contribution is 0.254. The number of nitriles is 1. The molecular weight excluding hydrogens is 487 g/mol. The molecule has 0 bridgehead atoms. The minimum Gasteiger partial charge on any atom is -0.305 e. The Balaban J connectivity index is 1.40. The van der Waals surface area contributed by atoms with E-state index in [0.29, 0.717) is 57.0 Å². The lowest BCUT2D eigenvalue weighted by atomic mass is 9.79. The van der Waals surface area contributed by atoms with E-state index < -0.39 is 0 Å². The Kier molecular flexibility index (Phi) is 5.13. The molecule has 172 valence electrons. The lowest BCUT2D eigenvalue weighted by Crippen LogP contribution is -2.32. The highest BCUT2D eigenvalue weighted by molar-refractivity contribution is 6.37. The monoisotopic (exact) mass is 502 g/mol. The molecule has 0 saturated heterocycles. The van der Waals surface area contributed by atoms with Crippen molar-refractivity contribution in [3.8, 4) is 23.3 Å². The average molecular weight is 503 g/mol. The van der Waals surface area contributed by atoms with Gasteiger partial charge in [-0.25, -0.2) is 14.8 Å². The van der Waals surface area contributed by atoms with Crippen molar-refractivity contribution in [3.63, 3.8) is 0 Å². The highest BCUT2D eigenvalue weighted by Crippen LogP contribution is 2.46. The van der Waals surface area contributed by atoms with Gasteiger partial charge in [-0.05, 0) is 49.2 Å². The second-order valence-electron chi connectivity index (χ2n) is 8.35. The van der Waals surface area contributed by atoms with E-state index in [0.717, 1.165) is 5.52 Å². The molecule has 1 fully saturated rings. The van der Waals surface area contributed by atoms with E-state index in [1.165, 1.54) is 6.33 Å². The van der Waals surface area contributed by atoms with E-state index in [4.69, 9.17) is 28.5 Å². The first-order chi connectivity index (χ1) is 17.0. The summed E-state index contributed by atoms with van der Waals surface area (Å²) < 4.78 is 3.60. The number of hydrogen-bond acceptors (Lipinski definition) is 6. The molecule has 0 aliphatic heterocycles. The van der Waals surface area contributed by atoms with Gasteiger partial charge in [0.15, 0.2) is 5.82 Å². The normalized spacial score (nSPS) is 17.3. The van der Waals surface area contributed by atoms with Crippen molar-refractivity contribution in [2.45, 2.75) is 24.8 Å². The van der Waals surface area contributed by atoms with Gasteiger partial charge in [0.05, 0.1) is 38.4 Å². The summed E-state index contributed by atoms with van der Waals surface area (Å²) in [5.41, 5.74) is 2.90. The second kappa shape index (κ2) is 8.34. The Morgan fingerprint density at radius 3 is 2.60 bits per heavy atom. The van der Waals surface area contributed by atoms with Crippen LogP contribution in [0.1, 0.15) is 36.2 Å². The Morgan fingerprint density at radius 1 is 1.09 bits per heavy atom. The van der Waals surface area contributed by atoms with Gasteiger partial charge < -0.3 is 4.98 Å². The van der Waals surface area contributed by atoms with Crippen molar-refractivity contribution in [1.82, 2.24) is 34.3 Å². The molecule has 1 N–H and O–H groups in total. The van der Waals surface area contributed by atoms with Crippen molar-refractivity contribution in [2.75, 3.05) is 0 Å². The number of H-pyrrole nitrogens is 1. The number of halogens is 2. The van der Waals surface area contributed by atoms with Gasteiger partial charge in [0, 0.05) is 18.2 Å². The number of nitrogens with zero attached hydrogens (tertiary/aromatic N) is 7. The molecule has 0 amide bonds. The summed E-state index contributed by atoms with van der Waals surface area (Å²) in [6, 6.07) is 14.3. The van der Waals surface area contributed by atoms with Gasteiger partial charge >= 0.3 is 5.69 Å². The van der Waals surface area contributed by atoms with Gasteiger partial charge in [-0.2, -0.15) is 5.26 Å². The molecule has 9 nitrogen and oxygen atoms in total. The molecule has 6 rings (SSSR count). The summed E-state index contributed by atoms with van der Waals surface area (Å²) in [6.45, 7) is 0. The van der Waals surface area contributed by atoms with Crippen LogP contribution in [0.4, 0.5) is 0 Å². The van der Waals surface area contributed by atoms with E-state index in [2.05, 4.69) is 31.2 Å². The molecule has 3 aromatic heterocycles. The SMILES string of the molecule is N#Cc1ccc2c(c1)[nH]c(=O)n2C1CC(c2nnc(-c3ccncn3)n2-c2c(Cl)cccc2Cl)C1. The molecule has 5 aromatic rings. The Bertz CT molecular complexity index is 1660. The van der Waals surface area contributed by atoms with Crippen LogP contribution in [0.15, 0.2) is 59.8 Å². The van der Waals surface area contributed by atoms with Crippen LogP contribution in [0.25, 0.3) is 28.2 Å². The van der Waals surface area contributed by atoms with Gasteiger partial charge in [0.2, 0.25) is 0 Å². The highest BCUT2D eigenvalue weighted by Gasteiger charge is 2.38. The van der Waals surface area contributed by atoms with Gasteiger partial charge in [-0.3, -0.25) is 9.13 Å². The molecule has 1 aliphatic rings. The first-order valence-electron chi connectivity index (χ1n) is 10.9. The zero-order valence-corrected chi connectivity index (χ0v) is 19.6. The van der Waals surface area contributed by atoms with Crippen LogP contribution in [0, 0.1) is 11.3 Å². The number of aromatic amines is 1. The average Bonchev–Trinajstić information content (AvgIpc) is 3.39. The third kappa shape index (κ3) is 3.50. The molecule has 0 atom stereocenters. The largest absolute Gasteiger partial charge is 0.326 e. The van der Waals surface area contributed by atoms with Crippen molar-refractivity contribution in [1.29, 1.82) is 5.26 Å². The third-order valence-corrected chi connectivity index (χ3v) is 6.96. The third-order valence-electron chi connectivity index (χ3n) is 6.35. The maximum atomic E-state index is 12.7. The van der Waals surface area contributed by atoms with E-state index in [-0.39, 0.29) is 17.6 Å².